The van der Waals surface area contributed by atoms with Gasteiger partial charge in [0.25, 0.3) is 0 Å². The summed E-state index contributed by atoms with van der Waals surface area (Å²) in [5, 5.41) is 2.57. The Morgan fingerprint density at radius 2 is 1.50 bits per heavy atom. The maximum atomic E-state index is 4.56. The number of aromatic nitrogens is 1. The zero-order valence-electron chi connectivity index (χ0n) is 11.3. The number of hydrogen-bond acceptors (Lipinski definition) is 2. The van der Waals surface area contributed by atoms with E-state index in [9.17, 15) is 0 Å². The van der Waals surface area contributed by atoms with Gasteiger partial charge in [-0.25, -0.2) is 4.98 Å². The van der Waals surface area contributed by atoms with E-state index >= 15 is 0 Å². The first kappa shape index (κ1) is 21.1. The highest BCUT2D eigenvalue weighted by atomic mass is 79.9. The zero-order valence-corrected chi connectivity index (χ0v) is 13.0. The first-order valence-corrected chi connectivity index (χ1v) is 6.04. The Kier molecular flexibility index (Phi) is 10.2. The number of benzene rings is 1. The third-order valence-corrected chi connectivity index (χ3v) is 3.31. The molecule has 0 radical (unpaired) electrons. The molecule has 0 spiro atoms. The monoisotopic (exact) mass is 346 g/mol. The molecule has 6 heteroatoms. The third kappa shape index (κ3) is 4.14. The summed E-state index contributed by atoms with van der Waals surface area (Å²) in [5.74, 6) is 1.16. The van der Waals surface area contributed by atoms with Crippen LogP contribution in [0.5, 0.6) is 0 Å². The molecule has 0 unspecified atom stereocenters. The van der Waals surface area contributed by atoms with Crippen LogP contribution in [0.1, 0.15) is 19.3 Å². The molecule has 3 rings (SSSR count). The van der Waals surface area contributed by atoms with Gasteiger partial charge in [-0.1, -0.05) is 24.3 Å². The second-order valence-electron chi connectivity index (χ2n) is 4.40. The lowest BCUT2D eigenvalue weighted by molar-refractivity contribution is 0.575. The molecule has 1 aliphatic rings. The van der Waals surface area contributed by atoms with Crippen molar-refractivity contribution in [2.24, 2.45) is 0 Å². The zero-order chi connectivity index (χ0) is 10.8. The van der Waals surface area contributed by atoms with Crippen molar-refractivity contribution >= 4 is 33.6 Å². The molecule has 0 atom stereocenters. The smallest absolute Gasteiger partial charge is 0.136 e. The standard InChI is InChI=1S/C14H16N2.BrH.3H2O/c1-4-10-16(11-5-1)14-13-7-3-2-6-12(13)8-9-15-14;;;;/h2-3,6-9H,1,4-5,10-11H2;1H;3*1H2. The summed E-state index contributed by atoms with van der Waals surface area (Å²) in [4.78, 5) is 6.98. The fourth-order valence-corrected chi connectivity index (χ4v) is 2.46. The topological polar surface area (TPSA) is 111 Å². The van der Waals surface area contributed by atoms with E-state index in [1.807, 2.05) is 6.20 Å². The predicted octanol–water partition coefficient (Wildman–Crippen LogP) is 1.33. The lowest BCUT2D eigenvalue weighted by atomic mass is 10.1. The van der Waals surface area contributed by atoms with Crippen LogP contribution in [-0.4, -0.2) is 34.5 Å². The Labute approximate surface area is 129 Å². The molecule has 0 saturated carbocycles. The van der Waals surface area contributed by atoms with Crippen molar-refractivity contribution in [3.8, 4) is 0 Å². The summed E-state index contributed by atoms with van der Waals surface area (Å²) >= 11 is 0. The maximum absolute atomic E-state index is 4.56. The first-order valence-electron chi connectivity index (χ1n) is 6.04. The van der Waals surface area contributed by atoms with E-state index in [4.69, 9.17) is 0 Å². The highest BCUT2D eigenvalue weighted by Gasteiger charge is 2.13. The normalized spacial score (nSPS) is 13.3. The van der Waals surface area contributed by atoms with Crippen molar-refractivity contribution in [1.82, 2.24) is 4.98 Å². The van der Waals surface area contributed by atoms with E-state index < -0.39 is 0 Å². The molecule has 2 aromatic rings. The van der Waals surface area contributed by atoms with Crippen molar-refractivity contribution in [3.63, 3.8) is 0 Å². The molecule has 114 valence electrons. The van der Waals surface area contributed by atoms with Crippen LogP contribution in [0.15, 0.2) is 36.5 Å². The number of piperidine rings is 1. The minimum absolute atomic E-state index is 0. The van der Waals surface area contributed by atoms with Crippen molar-refractivity contribution in [2.45, 2.75) is 19.3 Å². The van der Waals surface area contributed by atoms with E-state index in [0.717, 1.165) is 18.9 Å². The summed E-state index contributed by atoms with van der Waals surface area (Å²) in [5.41, 5.74) is 0. The largest absolute Gasteiger partial charge is 0.412 e. The van der Waals surface area contributed by atoms with Crippen molar-refractivity contribution in [3.05, 3.63) is 36.5 Å². The second-order valence-corrected chi connectivity index (χ2v) is 4.40. The van der Waals surface area contributed by atoms with Gasteiger partial charge < -0.3 is 21.3 Å². The van der Waals surface area contributed by atoms with Gasteiger partial charge in [0.05, 0.1) is 0 Å². The number of anilines is 1. The van der Waals surface area contributed by atoms with Crippen molar-refractivity contribution in [1.29, 1.82) is 0 Å². The van der Waals surface area contributed by atoms with Crippen LogP contribution >= 0.6 is 17.0 Å². The van der Waals surface area contributed by atoms with Crippen LogP contribution in [0.2, 0.25) is 0 Å². The average molecular weight is 347 g/mol. The molecule has 20 heavy (non-hydrogen) atoms. The highest BCUT2D eigenvalue weighted by Crippen LogP contribution is 2.26. The molecule has 1 fully saturated rings. The van der Waals surface area contributed by atoms with Gasteiger partial charge >= 0.3 is 0 Å². The Morgan fingerprint density at radius 1 is 0.850 bits per heavy atom. The van der Waals surface area contributed by atoms with E-state index in [1.54, 1.807) is 0 Å². The SMILES string of the molecule is Br.O.O.O.c1ccc2c(N3CCCCC3)nccc2c1. The van der Waals surface area contributed by atoms with Crippen LogP contribution in [0.25, 0.3) is 10.8 Å². The Morgan fingerprint density at radius 3 is 2.20 bits per heavy atom. The van der Waals surface area contributed by atoms with E-state index in [0.29, 0.717) is 0 Å². The Hall–Kier alpha value is -1.21. The van der Waals surface area contributed by atoms with Crippen LogP contribution < -0.4 is 4.90 Å². The maximum Gasteiger partial charge on any atom is 0.136 e. The van der Waals surface area contributed by atoms with Gasteiger partial charge in [-0.2, -0.15) is 0 Å². The predicted molar refractivity (Wildman–Crippen MR) is 89.0 cm³/mol. The number of hydrogen-bond donors (Lipinski definition) is 0. The number of fused-ring (bicyclic) bond motifs is 1. The molecule has 0 bridgehead atoms. The van der Waals surface area contributed by atoms with Crippen LogP contribution in [0.4, 0.5) is 5.82 Å². The summed E-state index contributed by atoms with van der Waals surface area (Å²) in [6.45, 7) is 2.31. The first-order chi connectivity index (χ1) is 7.95. The van der Waals surface area contributed by atoms with Crippen LogP contribution in [-0.2, 0) is 0 Å². The molecule has 5 nitrogen and oxygen atoms in total. The summed E-state index contributed by atoms with van der Waals surface area (Å²) in [6.07, 6.45) is 5.88. The molecule has 2 heterocycles. The van der Waals surface area contributed by atoms with Gasteiger partial charge in [-0.15, -0.1) is 17.0 Å². The number of halogens is 1. The molecule has 6 N–H and O–H groups in total. The lowest BCUT2D eigenvalue weighted by Crippen LogP contribution is -2.30. The minimum Gasteiger partial charge on any atom is -0.412 e. The number of rotatable bonds is 1. The summed E-state index contributed by atoms with van der Waals surface area (Å²) < 4.78 is 0. The summed E-state index contributed by atoms with van der Waals surface area (Å²) in [7, 11) is 0. The Balaban J connectivity index is 0. The molecular weight excluding hydrogens is 324 g/mol. The van der Waals surface area contributed by atoms with Gasteiger partial charge in [0, 0.05) is 24.7 Å². The molecule has 1 aromatic heterocycles. The molecule has 1 aliphatic heterocycles. The molecular formula is C14H23BrN2O3. The van der Waals surface area contributed by atoms with Crippen LogP contribution in [0.3, 0.4) is 0 Å². The lowest BCUT2D eigenvalue weighted by Gasteiger charge is -2.28. The third-order valence-electron chi connectivity index (χ3n) is 3.31. The van der Waals surface area contributed by atoms with Gasteiger partial charge in [0.1, 0.15) is 5.82 Å². The molecule has 1 saturated heterocycles. The molecule has 0 aliphatic carbocycles. The van der Waals surface area contributed by atoms with Gasteiger partial charge in [-0.3, -0.25) is 0 Å². The van der Waals surface area contributed by atoms with E-state index in [1.165, 1.54) is 30.0 Å². The fourth-order valence-electron chi connectivity index (χ4n) is 2.46. The molecule has 1 aromatic carbocycles. The van der Waals surface area contributed by atoms with E-state index in [-0.39, 0.29) is 33.4 Å². The number of pyridine rings is 1. The van der Waals surface area contributed by atoms with Gasteiger partial charge in [0.15, 0.2) is 0 Å². The van der Waals surface area contributed by atoms with Crippen molar-refractivity contribution in [2.75, 3.05) is 18.0 Å². The minimum atomic E-state index is 0. The second kappa shape index (κ2) is 9.66. The Bertz CT molecular complexity index is 499. The van der Waals surface area contributed by atoms with Crippen molar-refractivity contribution < 1.29 is 16.4 Å². The average Bonchev–Trinajstić information content (AvgIpc) is 2.39. The highest BCUT2D eigenvalue weighted by molar-refractivity contribution is 8.93. The van der Waals surface area contributed by atoms with Gasteiger partial charge in [0.2, 0.25) is 0 Å². The van der Waals surface area contributed by atoms with E-state index in [2.05, 4.69) is 40.2 Å². The number of nitrogens with zero attached hydrogens (tertiary/aromatic N) is 2. The quantitative estimate of drug-likeness (QED) is 0.775. The van der Waals surface area contributed by atoms with Crippen LogP contribution in [0, 0.1) is 0 Å². The molecule has 0 amide bonds. The summed E-state index contributed by atoms with van der Waals surface area (Å²) in [6, 6.07) is 10.6. The fraction of sp³-hybridized carbons (Fsp3) is 0.357. The van der Waals surface area contributed by atoms with Gasteiger partial charge in [-0.05, 0) is 30.7 Å².